The van der Waals surface area contributed by atoms with Gasteiger partial charge in [-0.05, 0) is 13.8 Å². The van der Waals surface area contributed by atoms with Crippen molar-refractivity contribution in [2.45, 2.75) is 38.3 Å². The summed E-state index contributed by atoms with van der Waals surface area (Å²) in [6, 6.07) is 0. The van der Waals surface area contributed by atoms with Crippen LogP contribution in [-0.4, -0.2) is 31.3 Å². The van der Waals surface area contributed by atoms with Crippen molar-refractivity contribution in [1.29, 1.82) is 0 Å². The Kier molecular flexibility index (Phi) is 3.11. The summed E-state index contributed by atoms with van der Waals surface area (Å²) in [4.78, 5) is 10.8. The van der Waals surface area contributed by atoms with Gasteiger partial charge in [0.2, 0.25) is 5.85 Å². The number of hydrogen-bond acceptors (Lipinski definition) is 4. The van der Waals surface area contributed by atoms with Crippen LogP contribution in [0, 0.1) is 0 Å². The molecule has 5 heteroatoms. The fourth-order valence-corrected chi connectivity index (χ4v) is 1.29. The first-order valence-electron chi connectivity index (χ1n) is 4.47. The summed E-state index contributed by atoms with van der Waals surface area (Å²) in [6.45, 7) is 3.12. The van der Waals surface area contributed by atoms with Crippen LogP contribution in [0.5, 0.6) is 0 Å². The molecule has 0 spiro atoms. The highest BCUT2D eigenvalue weighted by molar-refractivity contribution is 5.69. The summed E-state index contributed by atoms with van der Waals surface area (Å²) in [5, 5.41) is 0. The smallest absolute Gasteiger partial charge is 0.305 e. The van der Waals surface area contributed by atoms with E-state index in [-0.39, 0.29) is 19.4 Å². The zero-order chi connectivity index (χ0) is 10.8. The van der Waals surface area contributed by atoms with Crippen LogP contribution in [-0.2, 0) is 19.0 Å². The van der Waals surface area contributed by atoms with Crippen molar-refractivity contribution in [3.05, 3.63) is 0 Å². The van der Waals surface area contributed by atoms with Gasteiger partial charge < -0.3 is 14.2 Å². The predicted molar refractivity (Wildman–Crippen MR) is 46.2 cm³/mol. The summed E-state index contributed by atoms with van der Waals surface area (Å²) >= 11 is 0. The molecule has 1 fully saturated rings. The molecule has 1 aliphatic heterocycles. The molecule has 1 saturated heterocycles. The van der Waals surface area contributed by atoms with E-state index >= 15 is 0 Å². The third kappa shape index (κ3) is 2.92. The lowest BCUT2D eigenvalue weighted by molar-refractivity contribution is -0.201. The Bertz CT molecular complexity index is 229. The second-order valence-corrected chi connectivity index (χ2v) is 3.75. The van der Waals surface area contributed by atoms with Gasteiger partial charge in [0, 0.05) is 6.42 Å². The molecule has 0 saturated carbocycles. The molecule has 4 nitrogen and oxygen atoms in total. The van der Waals surface area contributed by atoms with Crippen LogP contribution in [0.1, 0.15) is 26.7 Å². The lowest BCUT2D eigenvalue weighted by Crippen LogP contribution is -2.30. The molecular weight excluding hydrogens is 191 g/mol. The van der Waals surface area contributed by atoms with Crippen molar-refractivity contribution >= 4 is 5.97 Å². The summed E-state index contributed by atoms with van der Waals surface area (Å²) in [6.07, 6.45) is -0.0461. The van der Waals surface area contributed by atoms with Crippen molar-refractivity contribution in [2.75, 3.05) is 13.7 Å². The maximum Gasteiger partial charge on any atom is 0.305 e. The van der Waals surface area contributed by atoms with E-state index in [0.717, 1.165) is 0 Å². The summed E-state index contributed by atoms with van der Waals surface area (Å²) < 4.78 is 28.3. The average Bonchev–Trinajstić information content (AvgIpc) is 2.37. The molecule has 1 atom stereocenters. The van der Waals surface area contributed by atoms with E-state index in [1.165, 1.54) is 7.11 Å². The van der Waals surface area contributed by atoms with Crippen molar-refractivity contribution in [3.63, 3.8) is 0 Å². The molecule has 0 N–H and O–H groups in total. The van der Waals surface area contributed by atoms with Crippen LogP contribution in [0.25, 0.3) is 0 Å². The quantitative estimate of drug-likeness (QED) is 0.654. The molecule has 0 aromatic carbocycles. The van der Waals surface area contributed by atoms with E-state index in [0.29, 0.717) is 0 Å². The highest BCUT2D eigenvalue weighted by Gasteiger charge is 2.45. The van der Waals surface area contributed by atoms with E-state index in [2.05, 4.69) is 4.74 Å². The third-order valence-electron chi connectivity index (χ3n) is 1.99. The Labute approximate surface area is 82.3 Å². The molecule has 1 rings (SSSR count). The highest BCUT2D eigenvalue weighted by Crippen LogP contribution is 2.35. The third-order valence-corrected chi connectivity index (χ3v) is 1.99. The number of rotatable bonds is 3. The van der Waals surface area contributed by atoms with Gasteiger partial charge in [-0.25, -0.2) is 4.39 Å². The second kappa shape index (κ2) is 3.82. The minimum absolute atomic E-state index is 0.00750. The topological polar surface area (TPSA) is 44.8 Å². The largest absolute Gasteiger partial charge is 0.469 e. The molecule has 0 aromatic heterocycles. The van der Waals surface area contributed by atoms with Gasteiger partial charge in [0.15, 0.2) is 5.79 Å². The van der Waals surface area contributed by atoms with Gasteiger partial charge in [0.25, 0.3) is 0 Å². The Morgan fingerprint density at radius 3 is 2.64 bits per heavy atom. The van der Waals surface area contributed by atoms with Gasteiger partial charge in [-0.1, -0.05) is 0 Å². The van der Waals surface area contributed by atoms with Crippen LogP contribution >= 0.6 is 0 Å². The van der Waals surface area contributed by atoms with Crippen LogP contribution in [0.2, 0.25) is 0 Å². The number of esters is 1. The molecule has 0 amide bonds. The summed E-state index contributed by atoms with van der Waals surface area (Å²) in [5.74, 6) is -3.22. The standard InChI is InChI=1S/C9H15FO4/c1-8(2)13-6-9(10,14-8)5-4-7(11)12-3/h4-6H2,1-3H3. The van der Waals surface area contributed by atoms with Crippen LogP contribution in [0.4, 0.5) is 4.39 Å². The van der Waals surface area contributed by atoms with Crippen molar-refractivity contribution in [1.82, 2.24) is 0 Å². The first kappa shape index (κ1) is 11.4. The summed E-state index contributed by atoms with van der Waals surface area (Å²) in [5.41, 5.74) is 0. The van der Waals surface area contributed by atoms with Gasteiger partial charge >= 0.3 is 5.97 Å². The Morgan fingerprint density at radius 1 is 1.57 bits per heavy atom. The fourth-order valence-electron chi connectivity index (χ4n) is 1.29. The normalized spacial score (nSPS) is 30.3. The molecule has 1 aliphatic rings. The van der Waals surface area contributed by atoms with Gasteiger partial charge in [-0.3, -0.25) is 4.79 Å². The van der Waals surface area contributed by atoms with Crippen LogP contribution in [0.15, 0.2) is 0 Å². The Morgan fingerprint density at radius 2 is 2.21 bits per heavy atom. The number of ether oxygens (including phenoxy) is 3. The number of methoxy groups -OCH3 is 1. The molecule has 14 heavy (non-hydrogen) atoms. The first-order chi connectivity index (χ1) is 6.37. The van der Waals surface area contributed by atoms with Crippen LogP contribution in [0.3, 0.4) is 0 Å². The van der Waals surface area contributed by atoms with Gasteiger partial charge in [-0.15, -0.1) is 0 Å². The van der Waals surface area contributed by atoms with E-state index in [4.69, 9.17) is 9.47 Å². The van der Waals surface area contributed by atoms with Crippen molar-refractivity contribution in [2.24, 2.45) is 0 Å². The first-order valence-corrected chi connectivity index (χ1v) is 4.47. The molecule has 1 unspecified atom stereocenters. The Balaban J connectivity index is 2.41. The van der Waals surface area contributed by atoms with Gasteiger partial charge in [-0.2, -0.15) is 0 Å². The monoisotopic (exact) mass is 206 g/mol. The molecule has 0 bridgehead atoms. The number of halogens is 1. The number of alkyl halides is 1. The second-order valence-electron chi connectivity index (χ2n) is 3.75. The molecule has 0 aromatic rings. The van der Waals surface area contributed by atoms with E-state index < -0.39 is 17.6 Å². The minimum Gasteiger partial charge on any atom is -0.469 e. The predicted octanol–water partition coefficient (Wildman–Crippen LogP) is 1.39. The SMILES string of the molecule is COC(=O)CCC1(F)COC(C)(C)O1. The van der Waals surface area contributed by atoms with Gasteiger partial charge in [0.05, 0.1) is 13.5 Å². The maximum atomic E-state index is 13.7. The number of carbonyl (C=O) groups is 1. The lowest BCUT2D eigenvalue weighted by Gasteiger charge is -2.20. The summed E-state index contributed by atoms with van der Waals surface area (Å²) in [7, 11) is 1.27. The minimum atomic E-state index is -1.86. The fraction of sp³-hybridized carbons (Fsp3) is 0.889. The van der Waals surface area contributed by atoms with Gasteiger partial charge in [0.1, 0.15) is 6.61 Å². The number of hydrogen-bond donors (Lipinski definition) is 0. The molecule has 82 valence electrons. The molecule has 0 aliphatic carbocycles. The van der Waals surface area contributed by atoms with Crippen molar-refractivity contribution < 1.29 is 23.4 Å². The van der Waals surface area contributed by atoms with Crippen molar-refractivity contribution in [3.8, 4) is 0 Å². The Hall–Kier alpha value is -0.680. The highest BCUT2D eigenvalue weighted by atomic mass is 19.2. The molecule has 1 heterocycles. The lowest BCUT2D eigenvalue weighted by atomic mass is 10.2. The molecule has 0 radical (unpaired) electrons. The average molecular weight is 206 g/mol. The maximum absolute atomic E-state index is 13.7. The zero-order valence-corrected chi connectivity index (χ0v) is 8.63. The van der Waals surface area contributed by atoms with Crippen LogP contribution < -0.4 is 0 Å². The zero-order valence-electron chi connectivity index (χ0n) is 8.63. The number of carbonyl (C=O) groups excluding carboxylic acids is 1. The molecular formula is C9H15FO4. The van der Waals surface area contributed by atoms with E-state index in [1.54, 1.807) is 13.8 Å². The van der Waals surface area contributed by atoms with E-state index in [9.17, 15) is 9.18 Å². The van der Waals surface area contributed by atoms with E-state index in [1.807, 2.05) is 0 Å².